The van der Waals surface area contributed by atoms with Gasteiger partial charge in [0.05, 0.1) is 28.5 Å². The molecule has 1 aromatic carbocycles. The van der Waals surface area contributed by atoms with Gasteiger partial charge in [0.2, 0.25) is 0 Å². The summed E-state index contributed by atoms with van der Waals surface area (Å²) in [4.78, 5) is 34.8. The van der Waals surface area contributed by atoms with Gasteiger partial charge in [-0.25, -0.2) is 4.99 Å². The van der Waals surface area contributed by atoms with Crippen molar-refractivity contribution in [3.8, 4) is 6.07 Å². The molecular formula is C23H27N5O2S. The SMILES string of the molecule is CCNC(=O)c1cc(N=CN2CCCCC2)c(C(=O)N(C)Cc2ccccc2C#N)s1. The zero-order valence-corrected chi connectivity index (χ0v) is 18.7. The highest BCUT2D eigenvalue weighted by atomic mass is 32.1. The average molecular weight is 438 g/mol. The molecule has 2 amide bonds. The lowest BCUT2D eigenvalue weighted by molar-refractivity contribution is 0.0790. The molecule has 1 aliphatic rings. The van der Waals surface area contributed by atoms with Gasteiger partial charge in [-0.15, -0.1) is 11.3 Å². The van der Waals surface area contributed by atoms with E-state index in [2.05, 4.69) is 21.3 Å². The number of carbonyl (C=O) groups is 2. The molecule has 0 atom stereocenters. The number of hydrogen-bond acceptors (Lipinski definition) is 5. The number of nitriles is 1. The fraction of sp³-hybridized carbons (Fsp3) is 0.391. The molecule has 162 valence electrons. The molecule has 31 heavy (non-hydrogen) atoms. The Morgan fingerprint density at radius 1 is 1.29 bits per heavy atom. The molecule has 2 aromatic rings. The summed E-state index contributed by atoms with van der Waals surface area (Å²) in [6, 6.07) is 11.1. The van der Waals surface area contributed by atoms with E-state index in [9.17, 15) is 14.9 Å². The van der Waals surface area contributed by atoms with E-state index < -0.39 is 0 Å². The molecule has 1 aliphatic heterocycles. The zero-order valence-electron chi connectivity index (χ0n) is 17.9. The van der Waals surface area contributed by atoms with Crippen LogP contribution in [-0.2, 0) is 6.54 Å². The second-order valence-corrected chi connectivity index (χ2v) is 8.51. The van der Waals surface area contributed by atoms with Crippen molar-refractivity contribution in [2.24, 2.45) is 4.99 Å². The van der Waals surface area contributed by atoms with Crippen LogP contribution in [0, 0.1) is 11.3 Å². The van der Waals surface area contributed by atoms with Crippen LogP contribution >= 0.6 is 11.3 Å². The molecule has 1 saturated heterocycles. The average Bonchev–Trinajstić information content (AvgIpc) is 3.22. The normalized spacial score (nSPS) is 13.8. The van der Waals surface area contributed by atoms with Crippen LogP contribution in [-0.4, -0.2) is 54.6 Å². The van der Waals surface area contributed by atoms with E-state index in [1.54, 1.807) is 36.5 Å². The number of piperidine rings is 1. The van der Waals surface area contributed by atoms with E-state index in [0.717, 1.165) is 42.8 Å². The second kappa shape index (κ2) is 10.7. The Morgan fingerprint density at radius 3 is 2.74 bits per heavy atom. The second-order valence-electron chi connectivity index (χ2n) is 7.46. The molecule has 0 radical (unpaired) electrons. The van der Waals surface area contributed by atoms with Gasteiger partial charge in [0.15, 0.2) is 0 Å². The number of amides is 2. The standard InChI is InChI=1S/C23H27N5O2S/c1-3-25-22(29)20-13-19(26-16-28-11-7-4-8-12-28)21(31-20)23(30)27(2)15-18-10-6-5-9-17(18)14-24/h5-6,9-10,13,16H,3-4,7-8,11-12,15H2,1-2H3,(H,25,29). The van der Waals surface area contributed by atoms with Crippen molar-refractivity contribution in [3.63, 3.8) is 0 Å². The molecule has 1 N–H and O–H groups in total. The van der Waals surface area contributed by atoms with Crippen LogP contribution in [0.4, 0.5) is 5.69 Å². The van der Waals surface area contributed by atoms with Crippen molar-refractivity contribution in [2.45, 2.75) is 32.7 Å². The lowest BCUT2D eigenvalue weighted by Gasteiger charge is -2.23. The zero-order chi connectivity index (χ0) is 22.2. The van der Waals surface area contributed by atoms with Crippen molar-refractivity contribution < 1.29 is 9.59 Å². The van der Waals surface area contributed by atoms with E-state index in [-0.39, 0.29) is 11.8 Å². The van der Waals surface area contributed by atoms with Gasteiger partial charge >= 0.3 is 0 Å². The highest BCUT2D eigenvalue weighted by molar-refractivity contribution is 7.16. The van der Waals surface area contributed by atoms with Crippen LogP contribution in [0.25, 0.3) is 0 Å². The van der Waals surface area contributed by atoms with Crippen LogP contribution in [0.1, 0.15) is 56.7 Å². The molecule has 1 aromatic heterocycles. The van der Waals surface area contributed by atoms with E-state index in [0.29, 0.717) is 34.1 Å². The topological polar surface area (TPSA) is 88.8 Å². The van der Waals surface area contributed by atoms with Gasteiger partial charge in [0.25, 0.3) is 11.8 Å². The molecule has 0 aliphatic carbocycles. The summed E-state index contributed by atoms with van der Waals surface area (Å²) in [6.45, 7) is 4.56. The van der Waals surface area contributed by atoms with Crippen LogP contribution in [0.2, 0.25) is 0 Å². The Morgan fingerprint density at radius 2 is 2.03 bits per heavy atom. The molecule has 2 heterocycles. The van der Waals surface area contributed by atoms with Gasteiger partial charge in [-0.2, -0.15) is 5.26 Å². The van der Waals surface area contributed by atoms with Gasteiger partial charge < -0.3 is 15.1 Å². The van der Waals surface area contributed by atoms with E-state index in [1.165, 1.54) is 6.42 Å². The molecule has 8 heteroatoms. The fourth-order valence-electron chi connectivity index (χ4n) is 3.44. The minimum atomic E-state index is -0.223. The quantitative estimate of drug-likeness (QED) is 0.527. The summed E-state index contributed by atoms with van der Waals surface area (Å²) in [5, 5.41) is 12.1. The molecule has 0 unspecified atom stereocenters. The number of carbonyl (C=O) groups excluding carboxylic acids is 2. The van der Waals surface area contributed by atoms with Crippen LogP contribution in [0.3, 0.4) is 0 Å². The summed E-state index contributed by atoms with van der Waals surface area (Å²) >= 11 is 1.15. The first-order chi connectivity index (χ1) is 15.0. The maximum atomic E-state index is 13.2. The number of nitrogens with zero attached hydrogens (tertiary/aromatic N) is 4. The third kappa shape index (κ3) is 5.70. The first-order valence-corrected chi connectivity index (χ1v) is 11.3. The highest BCUT2D eigenvalue weighted by Crippen LogP contribution is 2.31. The van der Waals surface area contributed by atoms with Crippen molar-refractivity contribution >= 4 is 35.2 Å². The summed E-state index contributed by atoms with van der Waals surface area (Å²) < 4.78 is 0. The maximum Gasteiger partial charge on any atom is 0.266 e. The molecular weight excluding hydrogens is 410 g/mol. The number of aliphatic imine (C=N–C) groups is 1. The van der Waals surface area contributed by atoms with Crippen molar-refractivity contribution in [1.29, 1.82) is 5.26 Å². The fourth-order valence-corrected chi connectivity index (χ4v) is 4.45. The van der Waals surface area contributed by atoms with E-state index in [1.807, 2.05) is 19.1 Å². The summed E-state index contributed by atoms with van der Waals surface area (Å²) in [5.41, 5.74) is 1.82. The number of rotatable bonds is 7. The van der Waals surface area contributed by atoms with Crippen molar-refractivity contribution in [3.05, 3.63) is 51.2 Å². The predicted octanol–water partition coefficient (Wildman–Crippen LogP) is 3.79. The Balaban J connectivity index is 1.86. The number of nitrogens with one attached hydrogen (secondary N) is 1. The van der Waals surface area contributed by atoms with Crippen LogP contribution in [0.15, 0.2) is 35.3 Å². The van der Waals surface area contributed by atoms with Gasteiger partial charge in [-0.1, -0.05) is 18.2 Å². The van der Waals surface area contributed by atoms with Crippen LogP contribution in [0.5, 0.6) is 0 Å². The Hall–Kier alpha value is -3.18. The summed E-state index contributed by atoms with van der Waals surface area (Å²) in [7, 11) is 1.69. The molecule has 7 nitrogen and oxygen atoms in total. The minimum absolute atomic E-state index is 0.210. The molecule has 1 fully saturated rings. The maximum absolute atomic E-state index is 13.2. The predicted molar refractivity (Wildman–Crippen MR) is 123 cm³/mol. The Bertz CT molecular complexity index is 1000. The number of likely N-dealkylation sites (tertiary alicyclic amines) is 1. The molecule has 0 saturated carbocycles. The lowest BCUT2D eigenvalue weighted by atomic mass is 10.1. The Labute approximate surface area is 187 Å². The minimum Gasteiger partial charge on any atom is -0.363 e. The number of thiophene rings is 1. The first-order valence-electron chi connectivity index (χ1n) is 10.5. The van der Waals surface area contributed by atoms with E-state index in [4.69, 9.17) is 0 Å². The third-order valence-corrected chi connectivity index (χ3v) is 6.22. The summed E-state index contributed by atoms with van der Waals surface area (Å²) in [6.07, 6.45) is 5.27. The van der Waals surface area contributed by atoms with Gasteiger partial charge in [-0.05, 0) is 43.9 Å². The Kier molecular flexibility index (Phi) is 7.79. The number of hydrogen-bond donors (Lipinski definition) is 1. The number of benzene rings is 1. The molecule has 3 rings (SSSR count). The van der Waals surface area contributed by atoms with E-state index >= 15 is 0 Å². The molecule has 0 spiro atoms. The van der Waals surface area contributed by atoms with Crippen molar-refractivity contribution in [1.82, 2.24) is 15.1 Å². The van der Waals surface area contributed by atoms with Crippen LogP contribution < -0.4 is 5.32 Å². The monoisotopic (exact) mass is 437 g/mol. The highest BCUT2D eigenvalue weighted by Gasteiger charge is 2.23. The van der Waals surface area contributed by atoms with Gasteiger partial charge in [0, 0.05) is 33.2 Å². The smallest absolute Gasteiger partial charge is 0.266 e. The van der Waals surface area contributed by atoms with Crippen molar-refractivity contribution in [2.75, 3.05) is 26.7 Å². The lowest BCUT2D eigenvalue weighted by Crippen LogP contribution is -2.28. The van der Waals surface area contributed by atoms with Gasteiger partial charge in [-0.3, -0.25) is 9.59 Å². The first kappa shape index (κ1) is 22.5. The summed E-state index contributed by atoms with van der Waals surface area (Å²) in [5.74, 6) is -0.433. The largest absolute Gasteiger partial charge is 0.363 e. The molecule has 0 bridgehead atoms. The van der Waals surface area contributed by atoms with Gasteiger partial charge in [0.1, 0.15) is 4.88 Å². The third-order valence-electron chi connectivity index (χ3n) is 5.11.